The molecule has 0 unspecified atom stereocenters. The van der Waals surface area contributed by atoms with E-state index in [4.69, 9.17) is 0 Å². The van der Waals surface area contributed by atoms with Gasteiger partial charge >= 0.3 is 0 Å². The Balaban J connectivity index is 2.07. The van der Waals surface area contributed by atoms with E-state index in [2.05, 4.69) is 4.98 Å². The molecular formula is C21H22N2O2. The molecule has 0 aliphatic rings. The number of anilines is 1. The molecule has 0 radical (unpaired) electrons. The largest absolute Gasteiger partial charge is 0.322 e. The Morgan fingerprint density at radius 2 is 1.84 bits per heavy atom. The Morgan fingerprint density at radius 1 is 1.08 bits per heavy atom. The number of rotatable bonds is 4. The van der Waals surface area contributed by atoms with Crippen molar-refractivity contribution in [2.24, 2.45) is 0 Å². The third-order valence-corrected chi connectivity index (χ3v) is 4.42. The van der Waals surface area contributed by atoms with Gasteiger partial charge < -0.3 is 9.88 Å². The number of pyridine rings is 1. The van der Waals surface area contributed by atoms with Crippen molar-refractivity contribution in [3.63, 3.8) is 0 Å². The van der Waals surface area contributed by atoms with Gasteiger partial charge in [-0.2, -0.15) is 0 Å². The summed E-state index contributed by atoms with van der Waals surface area (Å²) in [6, 6.07) is 15.6. The van der Waals surface area contributed by atoms with Gasteiger partial charge in [-0.05, 0) is 48.6 Å². The van der Waals surface area contributed by atoms with Gasteiger partial charge in [-0.25, -0.2) is 0 Å². The highest BCUT2D eigenvalue weighted by molar-refractivity contribution is 5.94. The van der Waals surface area contributed by atoms with Crippen LogP contribution in [0, 0.1) is 13.8 Å². The van der Waals surface area contributed by atoms with Gasteiger partial charge in [0.2, 0.25) is 5.91 Å². The molecule has 0 aliphatic heterocycles. The van der Waals surface area contributed by atoms with Gasteiger partial charge in [0, 0.05) is 23.2 Å². The SMILES string of the molecule is CCC(=O)N(Cc1cc2ccccc2[nH]c1=O)c1cc(C)ccc1C. The number of aromatic amines is 1. The molecule has 1 heterocycles. The molecule has 0 spiro atoms. The van der Waals surface area contributed by atoms with Gasteiger partial charge in [0.25, 0.3) is 5.56 Å². The molecule has 1 N–H and O–H groups in total. The van der Waals surface area contributed by atoms with Crippen LogP contribution in [-0.2, 0) is 11.3 Å². The van der Waals surface area contributed by atoms with Crippen LogP contribution in [0.3, 0.4) is 0 Å². The van der Waals surface area contributed by atoms with Gasteiger partial charge in [-0.15, -0.1) is 0 Å². The highest BCUT2D eigenvalue weighted by atomic mass is 16.2. The molecule has 0 fully saturated rings. The van der Waals surface area contributed by atoms with Crippen molar-refractivity contribution >= 4 is 22.5 Å². The Labute approximate surface area is 147 Å². The van der Waals surface area contributed by atoms with E-state index in [1.54, 1.807) is 4.90 Å². The van der Waals surface area contributed by atoms with Crippen LogP contribution < -0.4 is 10.5 Å². The first-order valence-corrected chi connectivity index (χ1v) is 8.48. The second-order valence-corrected chi connectivity index (χ2v) is 6.33. The van der Waals surface area contributed by atoms with Crippen molar-refractivity contribution in [1.29, 1.82) is 0 Å². The number of aromatic nitrogens is 1. The lowest BCUT2D eigenvalue weighted by molar-refractivity contribution is -0.118. The number of benzene rings is 2. The number of fused-ring (bicyclic) bond motifs is 1. The molecule has 4 nitrogen and oxygen atoms in total. The topological polar surface area (TPSA) is 53.2 Å². The van der Waals surface area contributed by atoms with Crippen LogP contribution in [0.25, 0.3) is 10.9 Å². The number of carbonyl (C=O) groups is 1. The van der Waals surface area contributed by atoms with Crippen LogP contribution in [0.2, 0.25) is 0 Å². The Bertz CT molecular complexity index is 989. The van der Waals surface area contributed by atoms with Crippen molar-refractivity contribution < 1.29 is 4.79 Å². The van der Waals surface area contributed by atoms with E-state index in [-0.39, 0.29) is 18.0 Å². The second kappa shape index (κ2) is 6.93. The van der Waals surface area contributed by atoms with Crippen molar-refractivity contribution in [3.8, 4) is 0 Å². The predicted molar refractivity (Wildman–Crippen MR) is 102 cm³/mol. The lowest BCUT2D eigenvalue weighted by Gasteiger charge is -2.24. The summed E-state index contributed by atoms with van der Waals surface area (Å²) in [7, 11) is 0. The summed E-state index contributed by atoms with van der Waals surface area (Å²) in [5.41, 5.74) is 4.20. The monoisotopic (exact) mass is 334 g/mol. The zero-order valence-electron chi connectivity index (χ0n) is 14.8. The number of nitrogens with zero attached hydrogens (tertiary/aromatic N) is 1. The maximum Gasteiger partial charge on any atom is 0.253 e. The number of aryl methyl sites for hydroxylation is 2. The van der Waals surface area contributed by atoms with Gasteiger partial charge in [0.15, 0.2) is 0 Å². The molecule has 1 aromatic heterocycles. The summed E-state index contributed by atoms with van der Waals surface area (Å²) in [4.78, 5) is 29.7. The Morgan fingerprint density at radius 3 is 2.60 bits per heavy atom. The van der Waals surface area contributed by atoms with E-state index in [0.29, 0.717) is 12.0 Å². The zero-order valence-corrected chi connectivity index (χ0v) is 14.8. The molecule has 1 amide bonds. The molecule has 2 aromatic carbocycles. The van der Waals surface area contributed by atoms with Crippen molar-refractivity contribution in [2.45, 2.75) is 33.7 Å². The summed E-state index contributed by atoms with van der Waals surface area (Å²) < 4.78 is 0. The first kappa shape index (κ1) is 17.0. The summed E-state index contributed by atoms with van der Waals surface area (Å²) in [5.74, 6) is 0.00117. The maximum absolute atomic E-state index is 12.6. The molecule has 3 aromatic rings. The fraction of sp³-hybridized carbons (Fsp3) is 0.238. The summed E-state index contributed by atoms with van der Waals surface area (Å²) in [6.45, 7) is 6.08. The Hall–Kier alpha value is -2.88. The first-order chi connectivity index (χ1) is 12.0. The number of para-hydroxylation sites is 1. The number of hydrogen-bond acceptors (Lipinski definition) is 2. The van der Waals surface area contributed by atoms with E-state index < -0.39 is 0 Å². The average Bonchev–Trinajstić information content (AvgIpc) is 2.61. The molecule has 4 heteroatoms. The molecular weight excluding hydrogens is 312 g/mol. The van der Waals surface area contributed by atoms with E-state index in [0.717, 1.165) is 27.7 Å². The lowest BCUT2D eigenvalue weighted by atomic mass is 10.1. The minimum absolute atomic E-state index is 0.00117. The lowest BCUT2D eigenvalue weighted by Crippen LogP contribution is -2.32. The van der Waals surface area contributed by atoms with Gasteiger partial charge in [0.1, 0.15) is 0 Å². The quantitative estimate of drug-likeness (QED) is 0.781. The maximum atomic E-state index is 12.6. The van der Waals surface area contributed by atoms with Crippen LogP contribution in [0.15, 0.2) is 53.3 Å². The molecule has 0 saturated heterocycles. The fourth-order valence-electron chi connectivity index (χ4n) is 2.99. The molecule has 0 aliphatic carbocycles. The highest BCUT2D eigenvalue weighted by Crippen LogP contribution is 2.24. The normalized spacial score (nSPS) is 10.8. The van der Waals surface area contributed by atoms with Crippen molar-refractivity contribution in [1.82, 2.24) is 4.98 Å². The third kappa shape index (κ3) is 3.48. The van der Waals surface area contributed by atoms with Crippen LogP contribution in [-0.4, -0.2) is 10.9 Å². The third-order valence-electron chi connectivity index (χ3n) is 4.42. The van der Waals surface area contributed by atoms with Gasteiger partial charge in [-0.3, -0.25) is 9.59 Å². The molecule has 0 saturated carbocycles. The second-order valence-electron chi connectivity index (χ2n) is 6.33. The number of H-pyrrole nitrogens is 1. The molecule has 3 rings (SSSR count). The summed E-state index contributed by atoms with van der Waals surface area (Å²) in [5, 5.41) is 0.960. The minimum atomic E-state index is -0.155. The number of hydrogen-bond donors (Lipinski definition) is 1. The fourth-order valence-corrected chi connectivity index (χ4v) is 2.99. The number of carbonyl (C=O) groups excluding carboxylic acids is 1. The number of amides is 1. The van der Waals surface area contributed by atoms with Crippen molar-refractivity contribution in [3.05, 3.63) is 75.6 Å². The molecule has 0 atom stereocenters. The highest BCUT2D eigenvalue weighted by Gasteiger charge is 2.18. The summed E-state index contributed by atoms with van der Waals surface area (Å²) >= 11 is 0. The van der Waals surface area contributed by atoms with Gasteiger partial charge in [-0.1, -0.05) is 37.3 Å². The van der Waals surface area contributed by atoms with E-state index in [9.17, 15) is 9.59 Å². The molecule has 128 valence electrons. The Kier molecular flexibility index (Phi) is 4.70. The zero-order chi connectivity index (χ0) is 18.0. The van der Waals surface area contributed by atoms with Gasteiger partial charge in [0.05, 0.1) is 6.54 Å². The van der Waals surface area contributed by atoms with E-state index in [1.807, 2.05) is 69.3 Å². The van der Waals surface area contributed by atoms with Crippen LogP contribution in [0.4, 0.5) is 5.69 Å². The minimum Gasteiger partial charge on any atom is -0.322 e. The van der Waals surface area contributed by atoms with Crippen LogP contribution in [0.5, 0.6) is 0 Å². The predicted octanol–water partition coefficient (Wildman–Crippen LogP) is 4.09. The van der Waals surface area contributed by atoms with E-state index >= 15 is 0 Å². The van der Waals surface area contributed by atoms with Crippen LogP contribution in [0.1, 0.15) is 30.0 Å². The van der Waals surface area contributed by atoms with Crippen molar-refractivity contribution in [2.75, 3.05) is 4.90 Å². The molecule has 0 bridgehead atoms. The van der Waals surface area contributed by atoms with Crippen LogP contribution >= 0.6 is 0 Å². The standard InChI is InChI=1S/C21H22N2O2/c1-4-20(24)23(19-11-14(2)9-10-15(19)3)13-17-12-16-7-5-6-8-18(16)22-21(17)25/h5-12H,4,13H2,1-3H3,(H,22,25). The first-order valence-electron chi connectivity index (χ1n) is 8.48. The molecule has 25 heavy (non-hydrogen) atoms. The smallest absolute Gasteiger partial charge is 0.253 e. The number of nitrogens with one attached hydrogen (secondary N) is 1. The average molecular weight is 334 g/mol. The summed E-state index contributed by atoms with van der Waals surface area (Å²) in [6.07, 6.45) is 0.388. The van der Waals surface area contributed by atoms with E-state index in [1.165, 1.54) is 0 Å².